The van der Waals surface area contributed by atoms with Gasteiger partial charge in [-0.05, 0) is 32.0 Å². The van der Waals surface area contributed by atoms with E-state index in [4.69, 9.17) is 0 Å². The van der Waals surface area contributed by atoms with Crippen LogP contribution in [0.4, 0.5) is 10.2 Å². The van der Waals surface area contributed by atoms with E-state index in [1.807, 2.05) is 25.8 Å². The summed E-state index contributed by atoms with van der Waals surface area (Å²) in [6.07, 6.45) is 1.73. The van der Waals surface area contributed by atoms with Gasteiger partial charge >= 0.3 is 0 Å². The van der Waals surface area contributed by atoms with Gasteiger partial charge in [0.1, 0.15) is 11.6 Å². The molecule has 2 rings (SSSR count). The van der Waals surface area contributed by atoms with Crippen molar-refractivity contribution in [1.29, 1.82) is 0 Å². The number of rotatable bonds is 3. The molecule has 2 aromatic rings. The number of halogens is 2. The minimum absolute atomic E-state index is 0.215. The average molecular weight is 324 g/mol. The molecule has 5 heteroatoms. The third kappa shape index (κ3) is 3.29. The van der Waals surface area contributed by atoms with Crippen molar-refractivity contribution in [1.82, 2.24) is 9.97 Å². The van der Waals surface area contributed by atoms with Gasteiger partial charge in [-0.2, -0.15) is 0 Å². The first kappa shape index (κ1) is 13.9. The number of anilines is 1. The highest BCUT2D eigenvalue weighted by Gasteiger charge is 2.11. The van der Waals surface area contributed by atoms with E-state index in [0.717, 1.165) is 21.7 Å². The zero-order valence-corrected chi connectivity index (χ0v) is 12.7. The van der Waals surface area contributed by atoms with Crippen molar-refractivity contribution in [3.8, 4) is 0 Å². The van der Waals surface area contributed by atoms with Crippen molar-refractivity contribution < 1.29 is 4.39 Å². The molecule has 3 nitrogen and oxygen atoms in total. The van der Waals surface area contributed by atoms with E-state index in [1.165, 1.54) is 6.07 Å². The Bertz CT molecular complexity index is 601. The predicted octanol–water partition coefficient (Wildman–Crippen LogP) is 3.63. The molecule has 0 saturated carbocycles. The smallest absolute Gasteiger partial charge is 0.150 e. The Morgan fingerprint density at radius 3 is 2.79 bits per heavy atom. The second-order valence-electron chi connectivity index (χ2n) is 4.51. The maximum absolute atomic E-state index is 13.7. The Hall–Kier alpha value is -1.49. The van der Waals surface area contributed by atoms with E-state index in [0.29, 0.717) is 12.1 Å². The number of hydrogen-bond donors (Lipinski definition) is 0. The van der Waals surface area contributed by atoms with Gasteiger partial charge in [-0.25, -0.2) is 9.37 Å². The Kier molecular flexibility index (Phi) is 4.14. The highest BCUT2D eigenvalue weighted by atomic mass is 79.9. The van der Waals surface area contributed by atoms with E-state index >= 15 is 0 Å². The van der Waals surface area contributed by atoms with E-state index in [9.17, 15) is 4.39 Å². The molecule has 0 aliphatic rings. The molecule has 100 valence electrons. The van der Waals surface area contributed by atoms with Crippen LogP contribution in [0.1, 0.15) is 17.0 Å². The first-order valence-electron chi connectivity index (χ1n) is 5.92. The third-order valence-corrected chi connectivity index (χ3v) is 3.32. The number of aromatic nitrogens is 2. The molecule has 1 heterocycles. The van der Waals surface area contributed by atoms with Gasteiger partial charge in [0.2, 0.25) is 0 Å². The lowest BCUT2D eigenvalue weighted by atomic mass is 10.2. The normalized spacial score (nSPS) is 10.6. The molecule has 0 spiro atoms. The van der Waals surface area contributed by atoms with Gasteiger partial charge in [-0.15, -0.1) is 0 Å². The van der Waals surface area contributed by atoms with Crippen molar-refractivity contribution in [3.63, 3.8) is 0 Å². The largest absolute Gasteiger partial charge is 0.354 e. The summed E-state index contributed by atoms with van der Waals surface area (Å²) in [6.45, 7) is 4.24. The van der Waals surface area contributed by atoms with Crippen LogP contribution in [0.5, 0.6) is 0 Å². The van der Waals surface area contributed by atoms with E-state index in [-0.39, 0.29) is 5.82 Å². The van der Waals surface area contributed by atoms with Gasteiger partial charge < -0.3 is 4.90 Å². The highest BCUT2D eigenvalue weighted by Crippen LogP contribution is 2.20. The van der Waals surface area contributed by atoms with E-state index in [2.05, 4.69) is 25.9 Å². The van der Waals surface area contributed by atoms with Gasteiger partial charge in [-0.3, -0.25) is 4.98 Å². The number of nitrogens with zero attached hydrogens (tertiary/aromatic N) is 3. The molecule has 0 radical (unpaired) electrons. The lowest BCUT2D eigenvalue weighted by Crippen LogP contribution is -2.20. The van der Waals surface area contributed by atoms with Gasteiger partial charge in [0, 0.05) is 29.8 Å². The fraction of sp³-hybridized carbons (Fsp3) is 0.286. The van der Waals surface area contributed by atoms with Crippen LogP contribution in [0.25, 0.3) is 0 Å². The summed E-state index contributed by atoms with van der Waals surface area (Å²) >= 11 is 3.36. The minimum Gasteiger partial charge on any atom is -0.354 e. The van der Waals surface area contributed by atoms with Crippen LogP contribution in [0.15, 0.2) is 28.9 Å². The zero-order chi connectivity index (χ0) is 14.0. The molecule has 0 atom stereocenters. The highest BCUT2D eigenvalue weighted by molar-refractivity contribution is 9.10. The van der Waals surface area contributed by atoms with Crippen molar-refractivity contribution in [3.05, 3.63) is 51.6 Å². The minimum atomic E-state index is -0.215. The Balaban J connectivity index is 2.27. The molecular weight excluding hydrogens is 309 g/mol. The molecule has 0 fully saturated rings. The van der Waals surface area contributed by atoms with Crippen LogP contribution < -0.4 is 4.90 Å². The van der Waals surface area contributed by atoms with Crippen LogP contribution in [0.2, 0.25) is 0 Å². The lowest BCUT2D eigenvalue weighted by molar-refractivity contribution is 0.607. The fourth-order valence-corrected chi connectivity index (χ4v) is 2.29. The zero-order valence-electron chi connectivity index (χ0n) is 11.1. The monoisotopic (exact) mass is 323 g/mol. The van der Waals surface area contributed by atoms with Crippen LogP contribution in [-0.4, -0.2) is 17.0 Å². The molecular formula is C14H15BrFN3. The Morgan fingerprint density at radius 1 is 1.32 bits per heavy atom. The maximum Gasteiger partial charge on any atom is 0.150 e. The van der Waals surface area contributed by atoms with E-state index in [1.54, 1.807) is 18.3 Å². The summed E-state index contributed by atoms with van der Waals surface area (Å²) in [5, 5.41) is 0. The van der Waals surface area contributed by atoms with Gasteiger partial charge in [0.25, 0.3) is 0 Å². The quantitative estimate of drug-likeness (QED) is 0.863. The molecule has 0 saturated heterocycles. The van der Waals surface area contributed by atoms with Crippen molar-refractivity contribution >= 4 is 21.7 Å². The number of benzene rings is 1. The fourth-order valence-electron chi connectivity index (χ4n) is 1.88. The first-order valence-corrected chi connectivity index (χ1v) is 6.72. The van der Waals surface area contributed by atoms with Gasteiger partial charge in [0.15, 0.2) is 0 Å². The second-order valence-corrected chi connectivity index (χ2v) is 5.43. The molecule has 0 aliphatic heterocycles. The summed E-state index contributed by atoms with van der Waals surface area (Å²) in [7, 11) is 1.89. The second kappa shape index (κ2) is 5.65. The molecule has 0 bridgehead atoms. The number of hydrogen-bond acceptors (Lipinski definition) is 3. The maximum atomic E-state index is 13.7. The van der Waals surface area contributed by atoms with Crippen LogP contribution in [0, 0.1) is 19.7 Å². The molecule has 1 aromatic heterocycles. The van der Waals surface area contributed by atoms with Crippen molar-refractivity contribution in [2.45, 2.75) is 20.4 Å². The Morgan fingerprint density at radius 2 is 2.05 bits per heavy atom. The van der Waals surface area contributed by atoms with Crippen molar-refractivity contribution in [2.24, 2.45) is 0 Å². The lowest BCUT2D eigenvalue weighted by Gasteiger charge is -2.20. The topological polar surface area (TPSA) is 29.0 Å². The summed E-state index contributed by atoms with van der Waals surface area (Å²) in [4.78, 5) is 10.6. The van der Waals surface area contributed by atoms with Gasteiger partial charge in [-0.1, -0.05) is 15.9 Å². The SMILES string of the molecule is Cc1cnc(C)c(N(C)Cc2cc(Br)ccc2F)n1. The predicted molar refractivity (Wildman–Crippen MR) is 77.7 cm³/mol. The van der Waals surface area contributed by atoms with Crippen LogP contribution in [-0.2, 0) is 6.54 Å². The first-order chi connectivity index (χ1) is 8.97. The molecule has 0 N–H and O–H groups in total. The summed E-state index contributed by atoms with van der Waals surface area (Å²) in [5.74, 6) is 0.563. The van der Waals surface area contributed by atoms with Gasteiger partial charge in [0.05, 0.1) is 11.4 Å². The molecule has 0 aliphatic carbocycles. The third-order valence-electron chi connectivity index (χ3n) is 2.83. The number of aryl methyl sites for hydroxylation is 2. The molecule has 19 heavy (non-hydrogen) atoms. The standard InChI is InChI=1S/C14H15BrFN3/c1-9-7-17-10(2)14(18-9)19(3)8-11-6-12(15)4-5-13(11)16/h4-7H,8H2,1-3H3. The average Bonchev–Trinajstić information content (AvgIpc) is 2.36. The Labute approximate surface area is 120 Å². The summed E-state index contributed by atoms with van der Waals surface area (Å²) in [6, 6.07) is 4.93. The summed E-state index contributed by atoms with van der Waals surface area (Å²) < 4.78 is 14.6. The van der Waals surface area contributed by atoms with Crippen LogP contribution in [0.3, 0.4) is 0 Å². The van der Waals surface area contributed by atoms with Crippen molar-refractivity contribution in [2.75, 3.05) is 11.9 Å². The molecule has 0 unspecified atom stereocenters. The summed E-state index contributed by atoms with van der Waals surface area (Å²) in [5.41, 5.74) is 2.31. The molecule has 1 aromatic carbocycles. The molecule has 0 amide bonds. The van der Waals surface area contributed by atoms with Crippen LogP contribution >= 0.6 is 15.9 Å². The van der Waals surface area contributed by atoms with E-state index < -0.39 is 0 Å².